The van der Waals surface area contributed by atoms with Crippen LogP contribution in [0.15, 0.2) is 78.9 Å². The molecule has 0 bridgehead atoms. The van der Waals surface area contributed by atoms with E-state index in [1.165, 1.54) is 0 Å². The molecule has 3 aromatic carbocycles. The average molecular weight is 389 g/mol. The summed E-state index contributed by atoms with van der Waals surface area (Å²) in [5.41, 5.74) is 3.92. The summed E-state index contributed by atoms with van der Waals surface area (Å²) in [7, 11) is 1.66. The van der Waals surface area contributed by atoms with Crippen molar-refractivity contribution >= 4 is 23.3 Å². The van der Waals surface area contributed by atoms with Crippen molar-refractivity contribution in [2.24, 2.45) is 0 Å². The number of hydrogen-bond donors (Lipinski definition) is 3. The lowest BCUT2D eigenvalue weighted by Gasteiger charge is -2.09. The van der Waals surface area contributed by atoms with Gasteiger partial charge in [0.2, 0.25) is 0 Å². The van der Waals surface area contributed by atoms with E-state index >= 15 is 0 Å². The van der Waals surface area contributed by atoms with E-state index in [-0.39, 0.29) is 11.9 Å². The summed E-state index contributed by atoms with van der Waals surface area (Å²) < 4.78 is 5.09. The smallest absolute Gasteiger partial charge is 0.323 e. The topological polar surface area (TPSA) is 79.5 Å². The highest BCUT2D eigenvalue weighted by Crippen LogP contribution is 2.12. The largest absolute Gasteiger partial charge is 0.380 e. The second kappa shape index (κ2) is 10.1. The molecule has 0 aliphatic heterocycles. The molecule has 0 radical (unpaired) electrons. The van der Waals surface area contributed by atoms with Crippen molar-refractivity contribution in [2.75, 3.05) is 17.7 Å². The fourth-order valence-corrected chi connectivity index (χ4v) is 2.72. The number of hydrogen-bond acceptors (Lipinski definition) is 3. The highest BCUT2D eigenvalue weighted by molar-refractivity contribution is 6.00. The number of ether oxygens (including phenoxy) is 1. The van der Waals surface area contributed by atoms with Crippen LogP contribution < -0.4 is 16.0 Å². The molecule has 0 saturated heterocycles. The van der Waals surface area contributed by atoms with Gasteiger partial charge in [-0.15, -0.1) is 0 Å². The quantitative estimate of drug-likeness (QED) is 0.560. The molecule has 0 aromatic heterocycles. The molecule has 3 amide bonds. The van der Waals surface area contributed by atoms with Gasteiger partial charge in [0.1, 0.15) is 0 Å². The van der Waals surface area contributed by atoms with E-state index < -0.39 is 0 Å². The van der Waals surface area contributed by atoms with Crippen molar-refractivity contribution < 1.29 is 14.3 Å². The molecule has 0 heterocycles. The molecule has 0 aliphatic rings. The van der Waals surface area contributed by atoms with E-state index in [1.54, 1.807) is 43.5 Å². The van der Waals surface area contributed by atoms with Crippen molar-refractivity contribution in [3.8, 4) is 0 Å². The van der Waals surface area contributed by atoms with Crippen LogP contribution in [0.1, 0.15) is 21.5 Å². The zero-order valence-electron chi connectivity index (χ0n) is 16.1. The molecule has 6 nitrogen and oxygen atoms in total. The second-order valence-corrected chi connectivity index (χ2v) is 6.45. The van der Waals surface area contributed by atoms with E-state index in [2.05, 4.69) is 16.0 Å². The fourth-order valence-electron chi connectivity index (χ4n) is 2.72. The van der Waals surface area contributed by atoms with Gasteiger partial charge in [-0.25, -0.2) is 4.79 Å². The summed E-state index contributed by atoms with van der Waals surface area (Å²) in [5.74, 6) is -0.175. The number of methoxy groups -OCH3 is 1. The Balaban J connectivity index is 1.49. The third-order valence-corrected chi connectivity index (χ3v) is 4.22. The molecule has 3 rings (SSSR count). The third-order valence-electron chi connectivity index (χ3n) is 4.22. The third kappa shape index (κ3) is 6.19. The van der Waals surface area contributed by atoms with Gasteiger partial charge in [-0.3, -0.25) is 4.79 Å². The van der Waals surface area contributed by atoms with E-state index in [1.807, 2.05) is 42.5 Å². The van der Waals surface area contributed by atoms with Crippen molar-refractivity contribution in [3.05, 3.63) is 95.6 Å². The fraction of sp³-hybridized carbons (Fsp3) is 0.130. The zero-order chi connectivity index (χ0) is 20.5. The first-order valence-electron chi connectivity index (χ1n) is 9.22. The normalized spacial score (nSPS) is 10.2. The number of amides is 3. The van der Waals surface area contributed by atoms with Gasteiger partial charge in [-0.05, 0) is 47.5 Å². The molecule has 0 aliphatic carbocycles. The van der Waals surface area contributed by atoms with Crippen LogP contribution in [-0.2, 0) is 17.9 Å². The van der Waals surface area contributed by atoms with E-state index in [4.69, 9.17) is 4.74 Å². The number of nitrogens with one attached hydrogen (secondary N) is 3. The molecule has 0 fully saturated rings. The minimum Gasteiger partial charge on any atom is -0.380 e. The van der Waals surface area contributed by atoms with Crippen LogP contribution in [0.4, 0.5) is 16.2 Å². The van der Waals surface area contributed by atoms with Crippen LogP contribution >= 0.6 is 0 Å². The predicted octanol–water partition coefficient (Wildman–Crippen LogP) is 4.41. The minimum absolute atomic E-state index is 0.175. The zero-order valence-corrected chi connectivity index (χ0v) is 16.1. The van der Waals surface area contributed by atoms with Crippen LogP contribution in [0.5, 0.6) is 0 Å². The SMILES string of the molecule is COCc1ccc(CNC(=O)c2ccc(NC(=O)Nc3ccccc3)cc2)cc1. The lowest BCUT2D eigenvalue weighted by Crippen LogP contribution is -2.23. The van der Waals surface area contributed by atoms with Crippen molar-refractivity contribution in [2.45, 2.75) is 13.2 Å². The molecule has 29 heavy (non-hydrogen) atoms. The number of carbonyl (C=O) groups is 2. The highest BCUT2D eigenvalue weighted by atomic mass is 16.5. The molecular formula is C23H23N3O3. The maximum absolute atomic E-state index is 12.3. The Morgan fingerprint density at radius 1 is 0.759 bits per heavy atom. The van der Waals surface area contributed by atoms with Gasteiger partial charge in [0.05, 0.1) is 6.61 Å². The average Bonchev–Trinajstić information content (AvgIpc) is 2.74. The number of benzene rings is 3. The van der Waals surface area contributed by atoms with Crippen LogP contribution in [0.3, 0.4) is 0 Å². The van der Waals surface area contributed by atoms with Crippen LogP contribution in [0.25, 0.3) is 0 Å². The molecular weight excluding hydrogens is 366 g/mol. The molecule has 0 saturated carbocycles. The minimum atomic E-state index is -0.342. The Morgan fingerprint density at radius 3 is 1.97 bits per heavy atom. The number of para-hydroxylation sites is 1. The van der Waals surface area contributed by atoms with Crippen LogP contribution in [-0.4, -0.2) is 19.0 Å². The number of carbonyl (C=O) groups excluding carboxylic acids is 2. The van der Waals surface area contributed by atoms with Gasteiger partial charge in [0.25, 0.3) is 5.91 Å². The maximum Gasteiger partial charge on any atom is 0.323 e. The standard InChI is InChI=1S/C23H23N3O3/c1-29-16-18-9-7-17(8-10-18)15-24-22(27)19-11-13-21(14-12-19)26-23(28)25-20-5-3-2-4-6-20/h2-14H,15-16H2,1H3,(H,24,27)(H2,25,26,28). The Kier molecular flexibility index (Phi) is 6.97. The molecule has 0 atom stereocenters. The van der Waals surface area contributed by atoms with Gasteiger partial charge >= 0.3 is 6.03 Å². The number of rotatable bonds is 7. The summed E-state index contributed by atoms with van der Waals surface area (Å²) in [6.45, 7) is 1.00. The summed E-state index contributed by atoms with van der Waals surface area (Å²) >= 11 is 0. The Labute approximate surface area is 169 Å². The predicted molar refractivity (Wildman–Crippen MR) is 114 cm³/mol. The first-order chi connectivity index (χ1) is 14.1. The highest BCUT2D eigenvalue weighted by Gasteiger charge is 2.07. The maximum atomic E-state index is 12.3. The van der Waals surface area contributed by atoms with Gasteiger partial charge in [0, 0.05) is 30.6 Å². The summed E-state index contributed by atoms with van der Waals surface area (Å²) in [6.07, 6.45) is 0. The van der Waals surface area contributed by atoms with Gasteiger partial charge < -0.3 is 20.7 Å². The summed E-state index contributed by atoms with van der Waals surface area (Å²) in [5, 5.41) is 8.37. The van der Waals surface area contributed by atoms with E-state index in [9.17, 15) is 9.59 Å². The molecule has 3 aromatic rings. The summed E-state index contributed by atoms with van der Waals surface area (Å²) in [6, 6.07) is 23.5. The summed E-state index contributed by atoms with van der Waals surface area (Å²) in [4.78, 5) is 24.3. The van der Waals surface area contributed by atoms with E-state index in [0.717, 1.165) is 11.1 Å². The van der Waals surface area contributed by atoms with Crippen molar-refractivity contribution in [1.82, 2.24) is 5.32 Å². The lowest BCUT2D eigenvalue weighted by molar-refractivity contribution is 0.0951. The van der Waals surface area contributed by atoms with Crippen molar-refractivity contribution in [1.29, 1.82) is 0 Å². The first kappa shape index (κ1) is 20.1. The Bertz CT molecular complexity index is 939. The molecule has 148 valence electrons. The van der Waals surface area contributed by atoms with Gasteiger partial charge in [-0.1, -0.05) is 42.5 Å². The Hall–Kier alpha value is -3.64. The van der Waals surface area contributed by atoms with E-state index in [0.29, 0.717) is 30.1 Å². The molecule has 6 heteroatoms. The van der Waals surface area contributed by atoms with Gasteiger partial charge in [-0.2, -0.15) is 0 Å². The Morgan fingerprint density at radius 2 is 1.34 bits per heavy atom. The molecule has 0 spiro atoms. The van der Waals surface area contributed by atoms with Crippen LogP contribution in [0.2, 0.25) is 0 Å². The number of anilines is 2. The molecule has 0 unspecified atom stereocenters. The lowest BCUT2D eigenvalue weighted by atomic mass is 10.1. The molecule has 3 N–H and O–H groups in total. The van der Waals surface area contributed by atoms with Crippen LogP contribution in [0, 0.1) is 0 Å². The first-order valence-corrected chi connectivity index (χ1v) is 9.22. The van der Waals surface area contributed by atoms with Gasteiger partial charge in [0.15, 0.2) is 0 Å². The van der Waals surface area contributed by atoms with Crippen molar-refractivity contribution in [3.63, 3.8) is 0 Å². The monoisotopic (exact) mass is 389 g/mol. The number of urea groups is 1. The second-order valence-electron chi connectivity index (χ2n) is 6.45.